The summed E-state index contributed by atoms with van der Waals surface area (Å²) in [5.41, 5.74) is 5.40. The van der Waals surface area contributed by atoms with E-state index in [9.17, 15) is 4.79 Å². The molecule has 0 spiro atoms. The van der Waals surface area contributed by atoms with E-state index in [4.69, 9.17) is 15.2 Å². The molecule has 1 saturated carbocycles. The third-order valence-electron chi connectivity index (χ3n) is 3.37. The van der Waals surface area contributed by atoms with Gasteiger partial charge in [0, 0.05) is 20.8 Å². The Balaban J connectivity index is 2.56. The lowest BCUT2D eigenvalue weighted by atomic mass is 9.83. The van der Waals surface area contributed by atoms with Crippen LogP contribution in [0.25, 0.3) is 0 Å². The summed E-state index contributed by atoms with van der Waals surface area (Å²) < 4.78 is 10.8. The van der Waals surface area contributed by atoms with Crippen molar-refractivity contribution in [2.75, 3.05) is 27.3 Å². The monoisotopic (exact) mass is 244 g/mol. The number of amides is 1. The average molecular weight is 244 g/mol. The summed E-state index contributed by atoms with van der Waals surface area (Å²) >= 11 is 0. The largest absolute Gasteiger partial charge is 0.381 e. The van der Waals surface area contributed by atoms with Crippen LogP contribution in [0.4, 0.5) is 0 Å². The highest BCUT2D eigenvalue weighted by molar-refractivity contribution is 5.80. The standard InChI is InChI=1S/C12H24N2O3/c1-16-9-5-3-6-10(17-2)11(9)12(15)14-8-4-7-13/h9-11H,3-8,13H2,1-2H3,(H,14,15). The van der Waals surface area contributed by atoms with Crippen molar-refractivity contribution in [2.24, 2.45) is 11.7 Å². The van der Waals surface area contributed by atoms with Gasteiger partial charge in [-0.15, -0.1) is 0 Å². The van der Waals surface area contributed by atoms with Crippen molar-refractivity contribution in [3.05, 3.63) is 0 Å². The van der Waals surface area contributed by atoms with Crippen LogP contribution in [0.2, 0.25) is 0 Å². The molecule has 1 rings (SSSR count). The summed E-state index contributed by atoms with van der Waals surface area (Å²) in [6, 6.07) is 0. The van der Waals surface area contributed by atoms with Crippen molar-refractivity contribution in [3.63, 3.8) is 0 Å². The highest BCUT2D eigenvalue weighted by atomic mass is 16.5. The van der Waals surface area contributed by atoms with E-state index < -0.39 is 0 Å². The van der Waals surface area contributed by atoms with Crippen LogP contribution in [-0.4, -0.2) is 45.4 Å². The molecule has 100 valence electrons. The van der Waals surface area contributed by atoms with Gasteiger partial charge in [-0.2, -0.15) is 0 Å². The second-order valence-corrected chi connectivity index (χ2v) is 4.44. The van der Waals surface area contributed by atoms with Crippen LogP contribution < -0.4 is 11.1 Å². The minimum Gasteiger partial charge on any atom is -0.381 e. The molecule has 5 nitrogen and oxygen atoms in total. The molecule has 0 aromatic rings. The molecule has 5 heteroatoms. The van der Waals surface area contributed by atoms with Gasteiger partial charge in [0.1, 0.15) is 0 Å². The van der Waals surface area contributed by atoms with E-state index in [1.54, 1.807) is 14.2 Å². The highest BCUT2D eigenvalue weighted by Gasteiger charge is 2.38. The number of nitrogens with two attached hydrogens (primary N) is 1. The molecule has 0 radical (unpaired) electrons. The summed E-state index contributed by atoms with van der Waals surface area (Å²) in [6.07, 6.45) is 3.62. The third kappa shape index (κ3) is 3.94. The molecule has 2 unspecified atom stereocenters. The zero-order valence-corrected chi connectivity index (χ0v) is 10.8. The smallest absolute Gasteiger partial charge is 0.228 e. The highest BCUT2D eigenvalue weighted by Crippen LogP contribution is 2.29. The average Bonchev–Trinajstić information content (AvgIpc) is 2.37. The fraction of sp³-hybridized carbons (Fsp3) is 0.917. The number of hydrogen-bond donors (Lipinski definition) is 2. The fourth-order valence-electron chi connectivity index (χ4n) is 2.42. The Morgan fingerprint density at radius 3 is 2.35 bits per heavy atom. The Hall–Kier alpha value is -0.650. The quantitative estimate of drug-likeness (QED) is 0.658. The van der Waals surface area contributed by atoms with E-state index in [2.05, 4.69) is 5.32 Å². The minimum absolute atomic E-state index is 0.0249. The van der Waals surface area contributed by atoms with Crippen molar-refractivity contribution < 1.29 is 14.3 Å². The molecule has 0 aromatic heterocycles. The summed E-state index contributed by atoms with van der Waals surface area (Å²) in [5, 5.41) is 2.90. The number of nitrogens with one attached hydrogen (secondary N) is 1. The molecular formula is C12H24N2O3. The van der Waals surface area contributed by atoms with Crippen molar-refractivity contribution >= 4 is 5.91 Å². The molecule has 3 N–H and O–H groups in total. The van der Waals surface area contributed by atoms with E-state index in [0.717, 1.165) is 25.7 Å². The summed E-state index contributed by atoms with van der Waals surface area (Å²) in [4.78, 5) is 12.1. The van der Waals surface area contributed by atoms with Gasteiger partial charge in [0.05, 0.1) is 18.1 Å². The maximum atomic E-state index is 12.1. The Morgan fingerprint density at radius 2 is 1.88 bits per heavy atom. The predicted octanol–water partition coefficient (Wildman–Crippen LogP) is 0.282. The van der Waals surface area contributed by atoms with Gasteiger partial charge < -0.3 is 20.5 Å². The zero-order valence-electron chi connectivity index (χ0n) is 10.8. The maximum Gasteiger partial charge on any atom is 0.228 e. The second-order valence-electron chi connectivity index (χ2n) is 4.44. The molecule has 2 atom stereocenters. The first-order valence-electron chi connectivity index (χ1n) is 6.28. The molecule has 0 aromatic carbocycles. The number of hydrogen-bond acceptors (Lipinski definition) is 4. The summed E-state index contributed by atoms with van der Waals surface area (Å²) in [7, 11) is 3.31. The molecular weight excluding hydrogens is 220 g/mol. The molecule has 0 aliphatic heterocycles. The van der Waals surface area contributed by atoms with Gasteiger partial charge in [-0.3, -0.25) is 4.79 Å². The minimum atomic E-state index is -0.198. The van der Waals surface area contributed by atoms with Gasteiger partial charge in [-0.25, -0.2) is 0 Å². The lowest BCUT2D eigenvalue weighted by molar-refractivity contribution is -0.141. The Bertz CT molecular complexity index is 224. The molecule has 1 aliphatic rings. The number of ether oxygens (including phenoxy) is 2. The van der Waals surface area contributed by atoms with Crippen LogP contribution >= 0.6 is 0 Å². The van der Waals surface area contributed by atoms with Crippen molar-refractivity contribution in [3.8, 4) is 0 Å². The van der Waals surface area contributed by atoms with Crippen LogP contribution in [0.15, 0.2) is 0 Å². The molecule has 1 amide bonds. The molecule has 1 aliphatic carbocycles. The Kier molecular flexibility index (Phi) is 6.47. The number of methoxy groups -OCH3 is 2. The van der Waals surface area contributed by atoms with Gasteiger partial charge >= 0.3 is 0 Å². The van der Waals surface area contributed by atoms with E-state index in [1.165, 1.54) is 0 Å². The maximum absolute atomic E-state index is 12.1. The number of carbonyl (C=O) groups is 1. The molecule has 17 heavy (non-hydrogen) atoms. The molecule has 1 fully saturated rings. The van der Waals surface area contributed by atoms with Crippen LogP contribution in [-0.2, 0) is 14.3 Å². The van der Waals surface area contributed by atoms with E-state index in [0.29, 0.717) is 13.1 Å². The van der Waals surface area contributed by atoms with Gasteiger partial charge in [0.15, 0.2) is 0 Å². The normalized spacial score (nSPS) is 29.0. The Labute approximate surface area is 103 Å². The zero-order chi connectivity index (χ0) is 12.7. The fourth-order valence-corrected chi connectivity index (χ4v) is 2.42. The van der Waals surface area contributed by atoms with Crippen molar-refractivity contribution in [1.29, 1.82) is 0 Å². The van der Waals surface area contributed by atoms with E-state index in [-0.39, 0.29) is 24.0 Å². The number of rotatable bonds is 6. The Morgan fingerprint density at radius 1 is 1.29 bits per heavy atom. The molecule has 0 bridgehead atoms. The third-order valence-corrected chi connectivity index (χ3v) is 3.37. The van der Waals surface area contributed by atoms with E-state index in [1.807, 2.05) is 0 Å². The van der Waals surface area contributed by atoms with Crippen LogP contribution in [0.3, 0.4) is 0 Å². The molecule has 0 heterocycles. The predicted molar refractivity (Wildman–Crippen MR) is 65.6 cm³/mol. The van der Waals surface area contributed by atoms with Gasteiger partial charge in [0.2, 0.25) is 5.91 Å². The van der Waals surface area contributed by atoms with Gasteiger partial charge in [0.25, 0.3) is 0 Å². The van der Waals surface area contributed by atoms with Gasteiger partial charge in [-0.1, -0.05) is 0 Å². The van der Waals surface area contributed by atoms with Crippen LogP contribution in [0, 0.1) is 5.92 Å². The summed E-state index contributed by atoms with van der Waals surface area (Å²) in [6.45, 7) is 1.21. The first-order valence-corrected chi connectivity index (χ1v) is 6.28. The van der Waals surface area contributed by atoms with Crippen LogP contribution in [0.5, 0.6) is 0 Å². The van der Waals surface area contributed by atoms with Crippen LogP contribution in [0.1, 0.15) is 25.7 Å². The molecule has 0 saturated heterocycles. The lowest BCUT2D eigenvalue weighted by Crippen LogP contribution is -2.48. The van der Waals surface area contributed by atoms with Crippen molar-refractivity contribution in [2.45, 2.75) is 37.9 Å². The lowest BCUT2D eigenvalue weighted by Gasteiger charge is -2.35. The second kappa shape index (κ2) is 7.63. The number of carbonyl (C=O) groups excluding carboxylic acids is 1. The van der Waals surface area contributed by atoms with Gasteiger partial charge in [-0.05, 0) is 32.2 Å². The topological polar surface area (TPSA) is 73.6 Å². The van der Waals surface area contributed by atoms with Crippen molar-refractivity contribution in [1.82, 2.24) is 5.32 Å². The first kappa shape index (κ1) is 14.4. The van der Waals surface area contributed by atoms with E-state index >= 15 is 0 Å². The first-order chi connectivity index (χ1) is 8.24. The summed E-state index contributed by atoms with van der Waals surface area (Å²) in [5.74, 6) is -0.173. The SMILES string of the molecule is COC1CCCC(OC)C1C(=O)NCCCN.